The quantitative estimate of drug-likeness (QED) is 0.329. The summed E-state index contributed by atoms with van der Waals surface area (Å²) in [5, 5.41) is 0. The highest BCUT2D eigenvalue weighted by atomic mass is 16.6. The Hall–Kier alpha value is -0.340. The van der Waals surface area contributed by atoms with E-state index in [2.05, 4.69) is 12.1 Å². The molecule has 1 N–H and O–H groups in total. The summed E-state index contributed by atoms with van der Waals surface area (Å²) < 4.78 is 0. The SMILES string of the molecule is C=CCCNOCC. The minimum absolute atomic E-state index is 0.719. The largest absolute Gasteiger partial charge is 0.302 e. The summed E-state index contributed by atoms with van der Waals surface area (Å²) in [6.45, 7) is 7.09. The Morgan fingerprint density at radius 2 is 2.50 bits per heavy atom. The lowest BCUT2D eigenvalue weighted by Crippen LogP contribution is -2.14. The van der Waals surface area contributed by atoms with Crippen LogP contribution in [-0.4, -0.2) is 13.2 Å². The first kappa shape index (κ1) is 7.66. The van der Waals surface area contributed by atoms with Gasteiger partial charge in [-0.2, -0.15) is 0 Å². The van der Waals surface area contributed by atoms with Gasteiger partial charge in [-0.25, -0.2) is 5.48 Å². The maximum absolute atomic E-state index is 4.84. The van der Waals surface area contributed by atoms with Gasteiger partial charge in [-0.3, -0.25) is 0 Å². The third kappa shape index (κ3) is 5.66. The molecule has 0 radical (unpaired) electrons. The Bertz CT molecular complexity index is 54.5. The van der Waals surface area contributed by atoms with E-state index in [1.54, 1.807) is 0 Å². The zero-order chi connectivity index (χ0) is 6.24. The van der Waals surface area contributed by atoms with Crippen LogP contribution in [0.25, 0.3) is 0 Å². The second-order valence-corrected chi connectivity index (χ2v) is 1.40. The highest BCUT2D eigenvalue weighted by Gasteiger charge is 1.77. The normalized spacial score (nSPS) is 9.12. The van der Waals surface area contributed by atoms with Crippen LogP contribution in [0.3, 0.4) is 0 Å². The van der Waals surface area contributed by atoms with Crippen LogP contribution in [0.1, 0.15) is 13.3 Å². The van der Waals surface area contributed by atoms with Crippen molar-refractivity contribution in [1.82, 2.24) is 5.48 Å². The minimum atomic E-state index is 0.719. The van der Waals surface area contributed by atoms with Crippen molar-refractivity contribution in [2.24, 2.45) is 0 Å². The van der Waals surface area contributed by atoms with Crippen molar-refractivity contribution < 1.29 is 4.84 Å². The van der Waals surface area contributed by atoms with Crippen LogP contribution in [0.5, 0.6) is 0 Å². The Balaban J connectivity index is 2.62. The Morgan fingerprint density at radius 1 is 1.75 bits per heavy atom. The van der Waals surface area contributed by atoms with Gasteiger partial charge in [0.2, 0.25) is 0 Å². The van der Waals surface area contributed by atoms with Crippen molar-refractivity contribution in [3.63, 3.8) is 0 Å². The number of hydroxylamine groups is 1. The summed E-state index contributed by atoms with van der Waals surface area (Å²) in [5.41, 5.74) is 2.76. The molecule has 0 saturated heterocycles. The van der Waals surface area contributed by atoms with E-state index < -0.39 is 0 Å². The van der Waals surface area contributed by atoms with E-state index in [-0.39, 0.29) is 0 Å². The van der Waals surface area contributed by atoms with E-state index >= 15 is 0 Å². The molecule has 0 fully saturated rings. The molecule has 48 valence electrons. The molecule has 0 aromatic heterocycles. The molecule has 0 bridgehead atoms. The maximum Gasteiger partial charge on any atom is 0.0653 e. The summed E-state index contributed by atoms with van der Waals surface area (Å²) in [7, 11) is 0. The number of hydrogen-bond acceptors (Lipinski definition) is 2. The molecule has 0 aromatic rings. The zero-order valence-corrected chi connectivity index (χ0v) is 5.31. The third-order valence-corrected chi connectivity index (χ3v) is 0.697. The molecule has 0 aliphatic heterocycles. The highest BCUT2D eigenvalue weighted by Crippen LogP contribution is 1.74. The van der Waals surface area contributed by atoms with Crippen LogP contribution >= 0.6 is 0 Å². The predicted molar refractivity (Wildman–Crippen MR) is 34.4 cm³/mol. The molecule has 8 heavy (non-hydrogen) atoms. The van der Waals surface area contributed by atoms with Gasteiger partial charge in [0.15, 0.2) is 0 Å². The smallest absolute Gasteiger partial charge is 0.0653 e. The molecule has 0 aliphatic rings. The lowest BCUT2D eigenvalue weighted by atomic mass is 10.4. The topological polar surface area (TPSA) is 21.3 Å². The molecule has 0 unspecified atom stereocenters. The highest BCUT2D eigenvalue weighted by molar-refractivity contribution is 4.65. The van der Waals surface area contributed by atoms with Crippen molar-refractivity contribution in [1.29, 1.82) is 0 Å². The molecule has 2 nitrogen and oxygen atoms in total. The number of rotatable bonds is 5. The van der Waals surface area contributed by atoms with Crippen LogP contribution in [0, 0.1) is 0 Å². The van der Waals surface area contributed by atoms with Gasteiger partial charge in [-0.1, -0.05) is 6.08 Å². The Kier molecular flexibility index (Phi) is 6.38. The van der Waals surface area contributed by atoms with Crippen molar-refractivity contribution in [3.8, 4) is 0 Å². The average Bonchev–Trinajstić information content (AvgIpc) is 1.81. The summed E-state index contributed by atoms with van der Waals surface area (Å²) >= 11 is 0. The molecule has 2 heteroatoms. The molecule has 0 atom stereocenters. The fourth-order valence-electron chi connectivity index (χ4n) is 0.335. The Labute approximate surface area is 50.5 Å². The van der Waals surface area contributed by atoms with E-state index in [0.717, 1.165) is 19.6 Å². The summed E-state index contributed by atoms with van der Waals surface area (Å²) in [6, 6.07) is 0. The van der Waals surface area contributed by atoms with Gasteiger partial charge in [0.05, 0.1) is 6.61 Å². The van der Waals surface area contributed by atoms with E-state index in [9.17, 15) is 0 Å². The third-order valence-electron chi connectivity index (χ3n) is 0.697. The van der Waals surface area contributed by atoms with E-state index in [1.165, 1.54) is 0 Å². The summed E-state index contributed by atoms with van der Waals surface area (Å²) in [6.07, 6.45) is 2.81. The fourth-order valence-corrected chi connectivity index (χ4v) is 0.335. The second kappa shape index (κ2) is 6.66. The minimum Gasteiger partial charge on any atom is -0.302 e. The van der Waals surface area contributed by atoms with E-state index in [1.807, 2.05) is 13.0 Å². The van der Waals surface area contributed by atoms with Crippen molar-refractivity contribution in [2.75, 3.05) is 13.2 Å². The molecule has 0 saturated carbocycles. The molecule has 0 heterocycles. The van der Waals surface area contributed by atoms with Crippen LogP contribution < -0.4 is 5.48 Å². The monoisotopic (exact) mass is 115 g/mol. The molecule has 0 amide bonds. The number of nitrogens with one attached hydrogen (secondary N) is 1. The summed E-state index contributed by atoms with van der Waals surface area (Å²) in [5.74, 6) is 0. The summed E-state index contributed by atoms with van der Waals surface area (Å²) in [4.78, 5) is 4.84. The zero-order valence-electron chi connectivity index (χ0n) is 5.31. The van der Waals surface area contributed by atoms with Gasteiger partial charge in [0, 0.05) is 6.54 Å². The van der Waals surface area contributed by atoms with Gasteiger partial charge in [0.1, 0.15) is 0 Å². The molecular formula is C6H13NO. The molecule has 0 rings (SSSR count). The van der Waals surface area contributed by atoms with Crippen LogP contribution in [0.4, 0.5) is 0 Å². The van der Waals surface area contributed by atoms with Crippen molar-refractivity contribution in [3.05, 3.63) is 12.7 Å². The van der Waals surface area contributed by atoms with Crippen molar-refractivity contribution >= 4 is 0 Å². The predicted octanol–water partition coefficient (Wildman–Crippen LogP) is 1.10. The van der Waals surface area contributed by atoms with Gasteiger partial charge in [-0.15, -0.1) is 6.58 Å². The van der Waals surface area contributed by atoms with Gasteiger partial charge in [-0.05, 0) is 13.3 Å². The maximum atomic E-state index is 4.84. The fraction of sp³-hybridized carbons (Fsp3) is 0.667. The lowest BCUT2D eigenvalue weighted by Gasteiger charge is -1.98. The molecular weight excluding hydrogens is 102 g/mol. The molecule has 0 aromatic carbocycles. The van der Waals surface area contributed by atoms with Crippen LogP contribution in [0.15, 0.2) is 12.7 Å². The Morgan fingerprint density at radius 3 is 3.00 bits per heavy atom. The number of hydrogen-bond donors (Lipinski definition) is 1. The van der Waals surface area contributed by atoms with Crippen LogP contribution in [-0.2, 0) is 4.84 Å². The van der Waals surface area contributed by atoms with Gasteiger partial charge < -0.3 is 4.84 Å². The van der Waals surface area contributed by atoms with Gasteiger partial charge in [0.25, 0.3) is 0 Å². The van der Waals surface area contributed by atoms with Crippen molar-refractivity contribution in [2.45, 2.75) is 13.3 Å². The standard InChI is InChI=1S/C6H13NO/c1-3-5-6-7-8-4-2/h3,7H,1,4-6H2,2H3. The molecule has 0 spiro atoms. The van der Waals surface area contributed by atoms with Crippen LogP contribution in [0.2, 0.25) is 0 Å². The van der Waals surface area contributed by atoms with E-state index in [0.29, 0.717) is 0 Å². The molecule has 0 aliphatic carbocycles. The first-order valence-electron chi connectivity index (χ1n) is 2.87. The average molecular weight is 115 g/mol. The van der Waals surface area contributed by atoms with E-state index in [4.69, 9.17) is 4.84 Å². The first-order chi connectivity index (χ1) is 3.91. The lowest BCUT2D eigenvalue weighted by molar-refractivity contribution is 0.0523. The first-order valence-corrected chi connectivity index (χ1v) is 2.87. The second-order valence-electron chi connectivity index (χ2n) is 1.40. The van der Waals surface area contributed by atoms with Gasteiger partial charge >= 0.3 is 0 Å².